The molecule has 2 aromatic carbocycles. The maximum absolute atomic E-state index is 12.5. The normalized spacial score (nSPS) is 16.0. The third kappa shape index (κ3) is 3.26. The van der Waals surface area contributed by atoms with Crippen LogP contribution in [0.25, 0.3) is 21.8 Å². The number of nitrogens with zero attached hydrogens (tertiary/aromatic N) is 2. The van der Waals surface area contributed by atoms with Gasteiger partial charge in [-0.05, 0) is 72.9 Å². The molecule has 2 heterocycles. The van der Waals surface area contributed by atoms with Gasteiger partial charge in [0.25, 0.3) is 0 Å². The van der Waals surface area contributed by atoms with E-state index < -0.39 is 6.16 Å². The monoisotopic (exact) mass is 396 g/mol. The summed E-state index contributed by atoms with van der Waals surface area (Å²) in [5, 5.41) is 1.92. The number of hydrogen-bond acceptors (Lipinski definition) is 5. The number of rotatable bonds is 4. The number of ether oxygens (including phenoxy) is 2. The summed E-state index contributed by atoms with van der Waals surface area (Å²) >= 11 is 0. The Labute approximate surface area is 173 Å². The van der Waals surface area contributed by atoms with Crippen LogP contribution in [0.5, 0.6) is 11.5 Å². The Bertz CT molecular complexity index is 1190. The van der Waals surface area contributed by atoms with Crippen molar-refractivity contribution in [2.45, 2.75) is 37.5 Å². The Morgan fingerprint density at radius 2 is 1.20 bits per heavy atom. The van der Waals surface area contributed by atoms with Crippen LogP contribution in [0.15, 0.2) is 60.9 Å². The standard InChI is InChI=1S/C25H20N2O3/c28-25(29-21-5-1-3-17-11-19(15-7-8-15)13-26-23(17)21)30-22-6-2-4-18-12-20(16-9-10-16)14-27-24(18)22/h1-6,11-16H,7-10H2. The van der Waals surface area contributed by atoms with Crippen LogP contribution in [-0.2, 0) is 0 Å². The van der Waals surface area contributed by atoms with Gasteiger partial charge in [0.1, 0.15) is 11.0 Å². The van der Waals surface area contributed by atoms with Crippen LogP contribution in [0.2, 0.25) is 0 Å². The molecular formula is C25H20N2O3. The van der Waals surface area contributed by atoms with Crippen molar-refractivity contribution in [1.29, 1.82) is 0 Å². The average Bonchev–Trinajstić information content (AvgIpc) is 3.66. The number of fused-ring (bicyclic) bond motifs is 2. The summed E-state index contributed by atoms with van der Waals surface area (Å²) in [6.45, 7) is 0. The highest BCUT2D eigenvalue weighted by atomic mass is 16.7. The molecule has 2 aromatic heterocycles. The third-order valence-electron chi connectivity index (χ3n) is 5.87. The summed E-state index contributed by atoms with van der Waals surface area (Å²) in [5.41, 5.74) is 3.80. The van der Waals surface area contributed by atoms with Gasteiger partial charge in [-0.3, -0.25) is 9.97 Å². The van der Waals surface area contributed by atoms with E-state index in [1.807, 2.05) is 36.7 Å². The van der Waals surface area contributed by atoms with Crippen LogP contribution in [0.1, 0.15) is 48.6 Å². The lowest BCUT2D eigenvalue weighted by Gasteiger charge is -2.10. The Hall–Kier alpha value is -3.47. The number of pyridine rings is 2. The van der Waals surface area contributed by atoms with Gasteiger partial charge < -0.3 is 9.47 Å². The molecule has 0 unspecified atom stereocenters. The van der Waals surface area contributed by atoms with Gasteiger partial charge in [-0.1, -0.05) is 24.3 Å². The molecule has 0 spiro atoms. The fourth-order valence-corrected chi connectivity index (χ4v) is 3.94. The quantitative estimate of drug-likeness (QED) is 0.307. The van der Waals surface area contributed by atoms with Crippen LogP contribution in [0.4, 0.5) is 4.79 Å². The number of carbonyl (C=O) groups excluding carboxylic acids is 1. The minimum absolute atomic E-state index is 0.393. The summed E-state index contributed by atoms with van der Waals surface area (Å²) in [7, 11) is 0. The summed E-state index contributed by atoms with van der Waals surface area (Å²) in [5.74, 6) is 2.03. The van der Waals surface area contributed by atoms with Gasteiger partial charge in [0.2, 0.25) is 0 Å². The molecule has 0 saturated heterocycles. The van der Waals surface area contributed by atoms with Gasteiger partial charge in [-0.2, -0.15) is 0 Å². The number of benzene rings is 2. The molecule has 0 amide bonds. The van der Waals surface area contributed by atoms with Gasteiger partial charge in [-0.15, -0.1) is 0 Å². The molecule has 2 aliphatic carbocycles. The first kappa shape index (κ1) is 17.4. The Morgan fingerprint density at radius 3 is 1.63 bits per heavy atom. The van der Waals surface area contributed by atoms with Crippen molar-refractivity contribution in [3.8, 4) is 11.5 Å². The van der Waals surface area contributed by atoms with E-state index >= 15 is 0 Å². The molecule has 6 rings (SSSR count). The summed E-state index contributed by atoms with van der Waals surface area (Å²) in [6.07, 6.45) is 7.84. The first-order chi connectivity index (χ1) is 14.7. The van der Waals surface area contributed by atoms with E-state index in [-0.39, 0.29) is 0 Å². The molecule has 0 bridgehead atoms. The van der Waals surface area contributed by atoms with Crippen molar-refractivity contribution >= 4 is 28.0 Å². The van der Waals surface area contributed by atoms with Crippen LogP contribution >= 0.6 is 0 Å². The molecule has 2 fully saturated rings. The molecule has 0 aliphatic heterocycles. The van der Waals surface area contributed by atoms with E-state index in [0.29, 0.717) is 34.4 Å². The zero-order chi connectivity index (χ0) is 20.1. The van der Waals surface area contributed by atoms with Crippen molar-refractivity contribution in [1.82, 2.24) is 9.97 Å². The van der Waals surface area contributed by atoms with Gasteiger partial charge in [0.15, 0.2) is 11.5 Å². The van der Waals surface area contributed by atoms with Crippen molar-refractivity contribution in [2.24, 2.45) is 0 Å². The van der Waals surface area contributed by atoms with Crippen LogP contribution in [-0.4, -0.2) is 16.1 Å². The molecule has 0 radical (unpaired) electrons. The molecule has 0 atom stereocenters. The van der Waals surface area contributed by atoms with Gasteiger partial charge in [0, 0.05) is 23.2 Å². The molecule has 2 saturated carbocycles. The van der Waals surface area contributed by atoms with Crippen molar-refractivity contribution in [3.63, 3.8) is 0 Å². The second-order valence-corrected chi connectivity index (χ2v) is 8.20. The summed E-state index contributed by atoms with van der Waals surface area (Å²) < 4.78 is 11.0. The molecule has 148 valence electrons. The molecule has 0 N–H and O–H groups in total. The zero-order valence-electron chi connectivity index (χ0n) is 16.4. The van der Waals surface area contributed by atoms with Gasteiger partial charge in [0.05, 0.1) is 0 Å². The largest absolute Gasteiger partial charge is 0.519 e. The molecule has 4 aromatic rings. The fourth-order valence-electron chi connectivity index (χ4n) is 3.94. The summed E-state index contributed by atoms with van der Waals surface area (Å²) in [4.78, 5) is 21.6. The highest BCUT2D eigenvalue weighted by molar-refractivity contribution is 5.89. The Kier molecular flexibility index (Phi) is 3.94. The topological polar surface area (TPSA) is 61.3 Å². The van der Waals surface area contributed by atoms with Crippen LogP contribution < -0.4 is 9.47 Å². The van der Waals surface area contributed by atoms with E-state index in [4.69, 9.17) is 9.47 Å². The van der Waals surface area contributed by atoms with E-state index in [1.54, 1.807) is 12.1 Å². The molecule has 30 heavy (non-hydrogen) atoms. The third-order valence-corrected chi connectivity index (χ3v) is 5.87. The fraction of sp³-hybridized carbons (Fsp3) is 0.240. The number of hydrogen-bond donors (Lipinski definition) is 0. The van der Waals surface area contributed by atoms with E-state index in [9.17, 15) is 4.79 Å². The second kappa shape index (κ2) is 6.80. The first-order valence-corrected chi connectivity index (χ1v) is 10.4. The minimum Gasteiger partial charge on any atom is -0.392 e. The van der Waals surface area contributed by atoms with Crippen LogP contribution in [0.3, 0.4) is 0 Å². The lowest BCUT2D eigenvalue weighted by Crippen LogP contribution is -2.14. The van der Waals surface area contributed by atoms with Crippen molar-refractivity contribution < 1.29 is 14.3 Å². The molecule has 2 aliphatic rings. The minimum atomic E-state index is -0.795. The maximum Gasteiger partial charge on any atom is 0.519 e. The predicted molar refractivity (Wildman–Crippen MR) is 114 cm³/mol. The zero-order valence-corrected chi connectivity index (χ0v) is 16.4. The highest BCUT2D eigenvalue weighted by Crippen LogP contribution is 2.42. The SMILES string of the molecule is O=C(Oc1cccc2cc(C3CC3)cnc12)Oc1cccc2cc(C3CC3)cnc12. The highest BCUT2D eigenvalue weighted by Gasteiger charge is 2.25. The lowest BCUT2D eigenvalue weighted by molar-refractivity contribution is 0.153. The first-order valence-electron chi connectivity index (χ1n) is 10.4. The van der Waals surface area contributed by atoms with Gasteiger partial charge in [-0.25, -0.2) is 4.79 Å². The van der Waals surface area contributed by atoms with Crippen molar-refractivity contribution in [2.75, 3.05) is 0 Å². The van der Waals surface area contributed by atoms with E-state index in [2.05, 4.69) is 22.1 Å². The van der Waals surface area contributed by atoms with Crippen molar-refractivity contribution in [3.05, 3.63) is 72.1 Å². The second-order valence-electron chi connectivity index (χ2n) is 8.20. The van der Waals surface area contributed by atoms with Crippen LogP contribution in [0, 0.1) is 0 Å². The number of para-hydroxylation sites is 2. The number of aromatic nitrogens is 2. The molecule has 5 heteroatoms. The molecular weight excluding hydrogens is 376 g/mol. The Balaban J connectivity index is 1.26. The molecule has 5 nitrogen and oxygen atoms in total. The predicted octanol–water partition coefficient (Wildman–Crippen LogP) is 6.12. The average molecular weight is 396 g/mol. The van der Waals surface area contributed by atoms with E-state index in [1.165, 1.54) is 36.8 Å². The summed E-state index contributed by atoms with van der Waals surface area (Å²) in [6, 6.07) is 15.4. The van der Waals surface area contributed by atoms with E-state index in [0.717, 1.165) is 10.8 Å². The smallest absolute Gasteiger partial charge is 0.392 e. The van der Waals surface area contributed by atoms with Gasteiger partial charge >= 0.3 is 6.16 Å². The number of carbonyl (C=O) groups is 1. The Morgan fingerprint density at radius 1 is 0.733 bits per heavy atom. The lowest BCUT2D eigenvalue weighted by atomic mass is 10.1. The maximum atomic E-state index is 12.5.